The molecule has 3 aromatic rings. The van der Waals surface area contributed by atoms with Crippen LogP contribution in [0, 0.1) is 5.92 Å². The molecule has 0 saturated carbocycles. The normalized spacial score (nSPS) is 23.6. The summed E-state index contributed by atoms with van der Waals surface area (Å²) >= 11 is 0. The molecule has 5 rings (SSSR count). The van der Waals surface area contributed by atoms with E-state index in [1.54, 1.807) is 6.07 Å². The van der Waals surface area contributed by atoms with Crippen molar-refractivity contribution in [3.63, 3.8) is 0 Å². The molecule has 2 fully saturated rings. The van der Waals surface area contributed by atoms with Gasteiger partial charge in [0.1, 0.15) is 5.58 Å². The van der Waals surface area contributed by atoms with Crippen LogP contribution in [0.15, 0.2) is 65.1 Å². The number of benzene rings is 2. The van der Waals surface area contributed by atoms with Crippen molar-refractivity contribution in [2.75, 3.05) is 32.8 Å². The van der Waals surface area contributed by atoms with Crippen LogP contribution in [0.3, 0.4) is 0 Å². The van der Waals surface area contributed by atoms with E-state index in [1.807, 2.05) is 54.3 Å². The predicted octanol–water partition coefficient (Wildman–Crippen LogP) is 3.54. The molecule has 6 nitrogen and oxygen atoms in total. The molecule has 0 radical (unpaired) electrons. The number of amides is 1. The van der Waals surface area contributed by atoms with Gasteiger partial charge in [-0.3, -0.25) is 14.5 Å². The number of nitrogens with zero attached hydrogens (tertiary/aromatic N) is 2. The number of piperazine rings is 1. The fourth-order valence-corrected chi connectivity index (χ4v) is 5.05. The molecule has 0 spiro atoms. The molecule has 0 unspecified atom stereocenters. The maximum absolute atomic E-state index is 13.2. The molecular weight excluding hydrogens is 392 g/mol. The van der Waals surface area contributed by atoms with Gasteiger partial charge in [-0.1, -0.05) is 48.5 Å². The number of fused-ring (bicyclic) bond motifs is 2. The number of ether oxygens (including phenoxy) is 1. The second-order valence-electron chi connectivity index (χ2n) is 8.26. The minimum atomic E-state index is -0.298. The monoisotopic (exact) mass is 418 g/mol. The van der Waals surface area contributed by atoms with Gasteiger partial charge in [0, 0.05) is 43.5 Å². The summed E-state index contributed by atoms with van der Waals surface area (Å²) in [6.45, 7) is 4.82. The number of esters is 1. The van der Waals surface area contributed by atoms with Crippen LogP contribution >= 0.6 is 0 Å². The van der Waals surface area contributed by atoms with Crippen LogP contribution < -0.4 is 0 Å². The van der Waals surface area contributed by atoms with Crippen LogP contribution in [0.4, 0.5) is 0 Å². The average molecular weight is 418 g/mol. The summed E-state index contributed by atoms with van der Waals surface area (Å²) in [6.07, 6.45) is 0. The number of hydrogen-bond acceptors (Lipinski definition) is 5. The molecule has 2 aromatic carbocycles. The summed E-state index contributed by atoms with van der Waals surface area (Å²) in [5.74, 6) is -0.191. The van der Waals surface area contributed by atoms with Crippen LogP contribution in [0.25, 0.3) is 11.0 Å². The van der Waals surface area contributed by atoms with E-state index in [9.17, 15) is 9.59 Å². The summed E-state index contributed by atoms with van der Waals surface area (Å²) < 4.78 is 11.3. The molecule has 1 aromatic heterocycles. The van der Waals surface area contributed by atoms with Crippen molar-refractivity contribution in [1.82, 2.24) is 9.80 Å². The first kappa shape index (κ1) is 19.8. The first-order valence-electron chi connectivity index (χ1n) is 10.9. The molecule has 2 aliphatic rings. The zero-order valence-electron chi connectivity index (χ0n) is 17.6. The molecule has 31 heavy (non-hydrogen) atoms. The molecule has 160 valence electrons. The number of carbonyl (C=O) groups excluding carboxylic acids is 2. The van der Waals surface area contributed by atoms with Gasteiger partial charge in [-0.2, -0.15) is 0 Å². The molecule has 1 amide bonds. The third-order valence-corrected chi connectivity index (χ3v) is 6.52. The van der Waals surface area contributed by atoms with Gasteiger partial charge in [0.25, 0.3) is 5.91 Å². The van der Waals surface area contributed by atoms with Crippen LogP contribution in [0.1, 0.15) is 29.0 Å². The molecule has 0 bridgehead atoms. The maximum Gasteiger partial charge on any atom is 0.311 e. The highest BCUT2D eigenvalue weighted by molar-refractivity contribution is 5.96. The summed E-state index contributed by atoms with van der Waals surface area (Å²) in [5.41, 5.74) is 1.85. The summed E-state index contributed by atoms with van der Waals surface area (Å²) in [6, 6.07) is 19.5. The van der Waals surface area contributed by atoms with Gasteiger partial charge in [-0.05, 0) is 24.6 Å². The summed E-state index contributed by atoms with van der Waals surface area (Å²) in [4.78, 5) is 30.3. The highest BCUT2D eigenvalue weighted by Gasteiger charge is 2.49. The molecule has 3 atom stereocenters. The minimum absolute atomic E-state index is 0.0616. The van der Waals surface area contributed by atoms with E-state index in [4.69, 9.17) is 9.15 Å². The van der Waals surface area contributed by atoms with Crippen LogP contribution in [0.2, 0.25) is 0 Å². The van der Waals surface area contributed by atoms with Gasteiger partial charge in [0.05, 0.1) is 12.5 Å². The van der Waals surface area contributed by atoms with Crippen molar-refractivity contribution in [3.05, 3.63) is 72.0 Å². The SMILES string of the molecule is CCOC(=O)[C@@H]1[C@H]2CN(C(=O)c3cc4ccccc4o3)CCN2C[C@H]1c1ccccc1. The van der Waals surface area contributed by atoms with Gasteiger partial charge in [0.2, 0.25) is 0 Å². The van der Waals surface area contributed by atoms with Crippen molar-refractivity contribution in [2.24, 2.45) is 5.92 Å². The average Bonchev–Trinajstić information content (AvgIpc) is 3.40. The Morgan fingerprint density at radius 3 is 2.58 bits per heavy atom. The fourth-order valence-electron chi connectivity index (χ4n) is 5.05. The number of furan rings is 1. The Bertz CT molecular complexity index is 1060. The molecule has 0 N–H and O–H groups in total. The van der Waals surface area contributed by atoms with Crippen molar-refractivity contribution in [3.8, 4) is 0 Å². The molecule has 2 aliphatic heterocycles. The Labute approximate surface area is 181 Å². The lowest BCUT2D eigenvalue weighted by atomic mass is 9.85. The van der Waals surface area contributed by atoms with Gasteiger partial charge in [0.15, 0.2) is 5.76 Å². The quantitative estimate of drug-likeness (QED) is 0.607. The van der Waals surface area contributed by atoms with Gasteiger partial charge in [-0.15, -0.1) is 0 Å². The van der Waals surface area contributed by atoms with E-state index in [1.165, 1.54) is 0 Å². The third kappa shape index (κ3) is 3.61. The van der Waals surface area contributed by atoms with E-state index in [-0.39, 0.29) is 29.8 Å². The van der Waals surface area contributed by atoms with E-state index < -0.39 is 0 Å². The lowest BCUT2D eigenvalue weighted by Gasteiger charge is -2.38. The molecule has 6 heteroatoms. The predicted molar refractivity (Wildman–Crippen MR) is 117 cm³/mol. The van der Waals surface area contributed by atoms with Crippen LogP contribution in [-0.2, 0) is 9.53 Å². The second-order valence-corrected chi connectivity index (χ2v) is 8.26. The van der Waals surface area contributed by atoms with E-state index >= 15 is 0 Å². The lowest BCUT2D eigenvalue weighted by molar-refractivity contribution is -0.149. The minimum Gasteiger partial charge on any atom is -0.466 e. The Kier molecular flexibility index (Phi) is 5.24. The first-order chi connectivity index (χ1) is 15.2. The number of carbonyl (C=O) groups is 2. The Morgan fingerprint density at radius 1 is 1.03 bits per heavy atom. The van der Waals surface area contributed by atoms with E-state index in [0.29, 0.717) is 31.0 Å². The summed E-state index contributed by atoms with van der Waals surface area (Å²) in [5, 5.41) is 0.916. The van der Waals surface area contributed by atoms with E-state index in [2.05, 4.69) is 17.0 Å². The van der Waals surface area contributed by atoms with Gasteiger partial charge < -0.3 is 14.1 Å². The van der Waals surface area contributed by atoms with Crippen LogP contribution in [0.5, 0.6) is 0 Å². The Morgan fingerprint density at radius 2 is 1.81 bits per heavy atom. The fraction of sp³-hybridized carbons (Fsp3) is 0.360. The highest BCUT2D eigenvalue weighted by Crippen LogP contribution is 2.40. The number of para-hydroxylation sites is 1. The van der Waals surface area contributed by atoms with Crippen molar-refractivity contribution in [2.45, 2.75) is 18.9 Å². The van der Waals surface area contributed by atoms with Gasteiger partial charge >= 0.3 is 5.97 Å². The first-order valence-corrected chi connectivity index (χ1v) is 10.9. The standard InChI is InChI=1S/C25H26N2O4/c1-2-30-25(29)23-19(17-8-4-3-5-9-17)15-26-12-13-27(16-20(23)26)24(28)22-14-18-10-6-7-11-21(18)31-22/h3-11,14,19-20,23H,2,12-13,15-16H2,1H3/t19-,20+,23-/m0/s1. The number of rotatable bonds is 4. The maximum atomic E-state index is 13.2. The van der Waals surface area contributed by atoms with Crippen molar-refractivity contribution in [1.29, 1.82) is 0 Å². The van der Waals surface area contributed by atoms with Crippen molar-refractivity contribution >= 4 is 22.8 Å². The molecule has 0 aliphatic carbocycles. The highest BCUT2D eigenvalue weighted by atomic mass is 16.5. The van der Waals surface area contributed by atoms with Gasteiger partial charge in [-0.25, -0.2) is 0 Å². The second kappa shape index (κ2) is 8.19. The number of hydrogen-bond donors (Lipinski definition) is 0. The van der Waals surface area contributed by atoms with Crippen LogP contribution in [-0.4, -0.2) is 60.5 Å². The molecular formula is C25H26N2O4. The van der Waals surface area contributed by atoms with Crippen molar-refractivity contribution < 1.29 is 18.7 Å². The smallest absolute Gasteiger partial charge is 0.311 e. The third-order valence-electron chi connectivity index (χ3n) is 6.52. The lowest BCUT2D eigenvalue weighted by Crippen LogP contribution is -2.54. The largest absolute Gasteiger partial charge is 0.466 e. The molecule has 2 saturated heterocycles. The Hall–Kier alpha value is -3.12. The summed E-state index contributed by atoms with van der Waals surface area (Å²) in [7, 11) is 0. The zero-order chi connectivity index (χ0) is 21.4. The topological polar surface area (TPSA) is 63.0 Å². The van der Waals surface area contributed by atoms with E-state index in [0.717, 1.165) is 24.0 Å². The zero-order valence-corrected chi connectivity index (χ0v) is 17.6. The Balaban J connectivity index is 1.41. The molecule has 3 heterocycles.